The topological polar surface area (TPSA) is 55.1 Å². The molecule has 0 spiro atoms. The largest absolute Gasteiger partial charge is 0.391 e. The molecule has 0 bridgehead atoms. The normalized spacial score (nSPS) is 25.9. The van der Waals surface area contributed by atoms with Gasteiger partial charge in [-0.25, -0.2) is 0 Å². The van der Waals surface area contributed by atoms with Crippen LogP contribution in [0, 0.1) is 11.8 Å². The maximum atomic E-state index is 12.5. The number of halogens is 3. The Morgan fingerprint density at radius 2 is 1.89 bits per heavy atom. The Hall–Kier alpha value is -0.780. The summed E-state index contributed by atoms with van der Waals surface area (Å²) < 4.78 is 37.5. The van der Waals surface area contributed by atoms with E-state index in [1.165, 1.54) is 0 Å². The second-order valence-electron chi connectivity index (χ2n) is 5.38. The third-order valence-electron chi connectivity index (χ3n) is 3.76. The monoisotopic (exact) mass is 280 g/mol. The number of nitrogens with two attached hydrogens (primary N) is 1. The van der Waals surface area contributed by atoms with Crippen LogP contribution in [0.25, 0.3) is 0 Å². The van der Waals surface area contributed by atoms with Gasteiger partial charge in [0.05, 0.1) is 5.92 Å². The average molecular weight is 280 g/mol. The van der Waals surface area contributed by atoms with Crippen molar-refractivity contribution in [2.45, 2.75) is 57.7 Å². The van der Waals surface area contributed by atoms with Gasteiger partial charge in [0.1, 0.15) is 0 Å². The minimum Gasteiger partial charge on any atom is -0.354 e. The molecular formula is C13H23F3N2O. The lowest BCUT2D eigenvalue weighted by atomic mass is 9.81. The van der Waals surface area contributed by atoms with Gasteiger partial charge in [0.25, 0.3) is 0 Å². The molecule has 1 aliphatic carbocycles. The highest BCUT2D eigenvalue weighted by molar-refractivity contribution is 5.78. The van der Waals surface area contributed by atoms with E-state index in [-0.39, 0.29) is 30.7 Å². The van der Waals surface area contributed by atoms with Gasteiger partial charge in [-0.1, -0.05) is 13.3 Å². The van der Waals surface area contributed by atoms with Gasteiger partial charge in [-0.15, -0.1) is 0 Å². The molecule has 1 rings (SSSR count). The van der Waals surface area contributed by atoms with Crippen molar-refractivity contribution in [3.63, 3.8) is 0 Å². The Kier molecular flexibility index (Phi) is 6.10. The summed E-state index contributed by atoms with van der Waals surface area (Å²) in [7, 11) is 0. The molecule has 0 heterocycles. The maximum Gasteiger partial charge on any atom is 0.391 e. The molecule has 1 saturated carbocycles. The Balaban J connectivity index is 2.29. The Morgan fingerprint density at radius 3 is 2.37 bits per heavy atom. The van der Waals surface area contributed by atoms with E-state index in [0.717, 1.165) is 12.8 Å². The second-order valence-corrected chi connectivity index (χ2v) is 5.38. The first kappa shape index (κ1) is 16.3. The van der Waals surface area contributed by atoms with E-state index in [2.05, 4.69) is 5.32 Å². The average Bonchev–Trinajstić information content (AvgIpc) is 2.35. The predicted octanol–water partition coefficient (Wildman–Crippen LogP) is 2.60. The van der Waals surface area contributed by atoms with Crippen molar-refractivity contribution in [1.82, 2.24) is 5.32 Å². The summed E-state index contributed by atoms with van der Waals surface area (Å²) in [5, 5.41) is 2.75. The van der Waals surface area contributed by atoms with Crippen LogP contribution in [-0.4, -0.2) is 24.7 Å². The molecule has 0 aliphatic heterocycles. The molecular weight excluding hydrogens is 257 g/mol. The van der Waals surface area contributed by atoms with Crippen molar-refractivity contribution in [3.05, 3.63) is 0 Å². The molecule has 0 radical (unpaired) electrons. The van der Waals surface area contributed by atoms with Crippen molar-refractivity contribution >= 4 is 5.91 Å². The molecule has 0 aromatic rings. The van der Waals surface area contributed by atoms with E-state index in [1.807, 2.05) is 6.92 Å². The smallest absolute Gasteiger partial charge is 0.354 e. The van der Waals surface area contributed by atoms with Crippen molar-refractivity contribution < 1.29 is 18.0 Å². The number of hydrogen-bond acceptors (Lipinski definition) is 2. The van der Waals surface area contributed by atoms with E-state index < -0.39 is 12.1 Å². The first-order valence-electron chi connectivity index (χ1n) is 6.94. The van der Waals surface area contributed by atoms with E-state index in [1.54, 1.807) is 0 Å². The van der Waals surface area contributed by atoms with Crippen LogP contribution in [-0.2, 0) is 4.79 Å². The first-order chi connectivity index (χ1) is 8.84. The van der Waals surface area contributed by atoms with Crippen LogP contribution in [0.5, 0.6) is 0 Å². The van der Waals surface area contributed by atoms with Crippen molar-refractivity contribution in [2.24, 2.45) is 17.6 Å². The van der Waals surface area contributed by atoms with Crippen LogP contribution in [0.15, 0.2) is 0 Å². The van der Waals surface area contributed by atoms with Gasteiger partial charge in [-0.05, 0) is 32.1 Å². The Bertz CT molecular complexity index is 286. The highest BCUT2D eigenvalue weighted by Gasteiger charge is 2.42. The quantitative estimate of drug-likeness (QED) is 0.813. The molecule has 0 aromatic heterocycles. The minimum atomic E-state index is -4.12. The number of hydrogen-bond donors (Lipinski definition) is 2. The van der Waals surface area contributed by atoms with E-state index >= 15 is 0 Å². The molecule has 1 aliphatic rings. The summed E-state index contributed by atoms with van der Waals surface area (Å²) in [6.45, 7) is 2.42. The number of nitrogens with one attached hydrogen (secondary N) is 1. The predicted molar refractivity (Wildman–Crippen MR) is 67.4 cm³/mol. The molecule has 3 N–H and O–H groups in total. The zero-order valence-electron chi connectivity index (χ0n) is 11.3. The summed E-state index contributed by atoms with van der Waals surface area (Å²) in [5.41, 5.74) is 5.78. The SMILES string of the molecule is CCCC(N)CNC(=O)C1CCC(C(F)(F)F)CC1. The van der Waals surface area contributed by atoms with Gasteiger partial charge in [-0.2, -0.15) is 13.2 Å². The first-order valence-corrected chi connectivity index (χ1v) is 6.94. The number of carbonyl (C=O) groups excluding carboxylic acids is 1. The van der Waals surface area contributed by atoms with Crippen LogP contribution in [0.3, 0.4) is 0 Å². The standard InChI is InChI=1S/C13H23F3N2O/c1-2-3-11(17)8-18-12(19)9-4-6-10(7-5-9)13(14,15)16/h9-11H,2-8,17H2,1H3,(H,18,19). The molecule has 6 heteroatoms. The molecule has 19 heavy (non-hydrogen) atoms. The number of alkyl halides is 3. The highest BCUT2D eigenvalue weighted by atomic mass is 19.4. The maximum absolute atomic E-state index is 12.5. The van der Waals surface area contributed by atoms with E-state index in [4.69, 9.17) is 5.73 Å². The third-order valence-corrected chi connectivity index (χ3v) is 3.76. The summed E-state index contributed by atoms with van der Waals surface area (Å²) in [6, 6.07) is -0.0690. The van der Waals surface area contributed by atoms with Crippen LogP contribution < -0.4 is 11.1 Å². The number of carbonyl (C=O) groups is 1. The molecule has 1 unspecified atom stereocenters. The van der Waals surface area contributed by atoms with Gasteiger partial charge in [0.2, 0.25) is 5.91 Å². The van der Waals surface area contributed by atoms with Crippen molar-refractivity contribution in [1.29, 1.82) is 0 Å². The molecule has 1 amide bonds. The fourth-order valence-corrected chi connectivity index (χ4v) is 2.53. The van der Waals surface area contributed by atoms with Gasteiger partial charge < -0.3 is 11.1 Å². The fourth-order valence-electron chi connectivity index (χ4n) is 2.53. The molecule has 112 valence electrons. The fraction of sp³-hybridized carbons (Fsp3) is 0.923. The van der Waals surface area contributed by atoms with Crippen LogP contribution in [0.4, 0.5) is 13.2 Å². The summed E-state index contributed by atoms with van der Waals surface area (Å²) in [5.74, 6) is -1.67. The lowest BCUT2D eigenvalue weighted by molar-refractivity contribution is -0.184. The van der Waals surface area contributed by atoms with Crippen LogP contribution >= 0.6 is 0 Å². The molecule has 0 saturated heterocycles. The number of rotatable bonds is 5. The zero-order chi connectivity index (χ0) is 14.5. The Morgan fingerprint density at radius 1 is 1.32 bits per heavy atom. The van der Waals surface area contributed by atoms with Gasteiger partial charge >= 0.3 is 6.18 Å². The van der Waals surface area contributed by atoms with Crippen molar-refractivity contribution in [2.75, 3.05) is 6.54 Å². The molecule has 1 atom stereocenters. The van der Waals surface area contributed by atoms with Crippen LogP contribution in [0.1, 0.15) is 45.4 Å². The van der Waals surface area contributed by atoms with Crippen LogP contribution in [0.2, 0.25) is 0 Å². The summed E-state index contributed by atoms with van der Waals surface area (Å²) in [4.78, 5) is 11.8. The lowest BCUT2D eigenvalue weighted by Gasteiger charge is -2.29. The lowest BCUT2D eigenvalue weighted by Crippen LogP contribution is -2.41. The summed E-state index contributed by atoms with van der Waals surface area (Å²) >= 11 is 0. The highest BCUT2D eigenvalue weighted by Crippen LogP contribution is 2.39. The van der Waals surface area contributed by atoms with Gasteiger partial charge in [0, 0.05) is 18.5 Å². The molecule has 1 fully saturated rings. The van der Waals surface area contributed by atoms with Gasteiger partial charge in [-0.3, -0.25) is 4.79 Å². The zero-order valence-corrected chi connectivity index (χ0v) is 11.3. The molecule has 0 aromatic carbocycles. The summed E-state index contributed by atoms with van der Waals surface area (Å²) in [6.07, 6.45) is -1.58. The Labute approximate surface area is 112 Å². The van der Waals surface area contributed by atoms with E-state index in [0.29, 0.717) is 19.4 Å². The molecule has 3 nitrogen and oxygen atoms in total. The van der Waals surface area contributed by atoms with Crippen molar-refractivity contribution in [3.8, 4) is 0 Å². The van der Waals surface area contributed by atoms with Gasteiger partial charge in [0.15, 0.2) is 0 Å². The third kappa shape index (κ3) is 5.38. The van der Waals surface area contributed by atoms with E-state index in [9.17, 15) is 18.0 Å². The second kappa shape index (κ2) is 7.12. The minimum absolute atomic E-state index is 0.0581. The number of amides is 1.